The van der Waals surface area contributed by atoms with Gasteiger partial charge < -0.3 is 5.32 Å². The van der Waals surface area contributed by atoms with E-state index in [4.69, 9.17) is 12.2 Å². The number of nitrogens with zero attached hydrogens (tertiary/aromatic N) is 1. The fourth-order valence-electron chi connectivity index (χ4n) is 3.58. The number of carbonyl (C=O) groups is 2. The highest BCUT2D eigenvalue weighted by molar-refractivity contribution is 8.24. The zero-order chi connectivity index (χ0) is 23.5. The molecule has 1 heterocycles. The number of rotatable bonds is 7. The minimum absolute atomic E-state index is 0.0503. The van der Waals surface area contributed by atoms with Crippen LogP contribution in [0.3, 0.4) is 0 Å². The Hall–Kier alpha value is -2.18. The van der Waals surface area contributed by atoms with Crippen LogP contribution in [0.4, 0.5) is 0 Å². The Morgan fingerprint density at radius 1 is 1.06 bits per heavy atom. The van der Waals surface area contributed by atoms with E-state index in [1.165, 1.54) is 22.9 Å². The van der Waals surface area contributed by atoms with E-state index in [9.17, 15) is 9.59 Å². The number of thioether (sulfide) groups is 1. The summed E-state index contributed by atoms with van der Waals surface area (Å²) in [5, 5.41) is 2.52. The normalized spacial score (nSPS) is 16.7. The summed E-state index contributed by atoms with van der Waals surface area (Å²) in [5.41, 5.74) is 4.79. The average Bonchev–Trinajstić information content (AvgIpc) is 2.99. The fraction of sp³-hybridized carbons (Fsp3) is 0.423. The molecule has 2 amide bonds. The van der Waals surface area contributed by atoms with Crippen molar-refractivity contribution in [3.63, 3.8) is 0 Å². The molecular weight excluding hydrogens is 436 g/mol. The summed E-state index contributed by atoms with van der Waals surface area (Å²) < 4.78 is 0.577. The topological polar surface area (TPSA) is 49.4 Å². The first-order chi connectivity index (χ1) is 15.0. The molecule has 0 bridgehead atoms. The van der Waals surface area contributed by atoms with Gasteiger partial charge in [0, 0.05) is 19.5 Å². The molecule has 0 saturated carbocycles. The highest BCUT2D eigenvalue weighted by Gasteiger charge is 2.38. The predicted molar refractivity (Wildman–Crippen MR) is 138 cm³/mol. The van der Waals surface area contributed by atoms with Gasteiger partial charge in [-0.1, -0.05) is 107 Å². The van der Waals surface area contributed by atoms with E-state index in [0.717, 1.165) is 11.1 Å². The summed E-state index contributed by atoms with van der Waals surface area (Å²) in [7, 11) is 0. The molecule has 1 atom stereocenters. The molecular formula is C26H32N2O2S2. The van der Waals surface area contributed by atoms with Crippen molar-refractivity contribution in [1.82, 2.24) is 10.2 Å². The lowest BCUT2D eigenvalue weighted by molar-refractivity contribution is -0.129. The maximum atomic E-state index is 12.5. The summed E-state index contributed by atoms with van der Waals surface area (Å²) in [6, 6.07) is 16.9. The average molecular weight is 469 g/mol. The van der Waals surface area contributed by atoms with Crippen LogP contribution in [-0.4, -0.2) is 32.8 Å². The largest absolute Gasteiger partial charge is 0.352 e. The maximum Gasteiger partial charge on any atom is 0.242 e. The van der Waals surface area contributed by atoms with Crippen molar-refractivity contribution in [2.45, 2.75) is 58.2 Å². The van der Waals surface area contributed by atoms with Gasteiger partial charge in [-0.15, -0.1) is 0 Å². The Bertz CT molecular complexity index is 976. The third-order valence-corrected chi connectivity index (χ3v) is 7.04. The molecule has 4 nitrogen and oxygen atoms in total. The Morgan fingerprint density at radius 3 is 2.16 bits per heavy atom. The second kappa shape index (κ2) is 10.2. The minimum atomic E-state index is -0.417. The van der Waals surface area contributed by atoms with Crippen LogP contribution in [0, 0.1) is 5.92 Å². The third-order valence-electron chi connectivity index (χ3n) is 5.45. The van der Waals surface area contributed by atoms with Crippen LogP contribution in [0.15, 0.2) is 48.5 Å². The zero-order valence-electron chi connectivity index (χ0n) is 19.5. The van der Waals surface area contributed by atoms with Crippen LogP contribution in [0.1, 0.15) is 52.2 Å². The standard InChI is InChI=1S/C26H32N2O2S2/c1-17(2)16-28-24(30)22(32-25(28)31)14-23(29)27-15-18-6-8-19(9-7-18)20-10-12-21(13-11-20)26(3,4)5/h6-13,17,22H,14-16H2,1-5H3,(H,27,29). The SMILES string of the molecule is CC(C)CN1C(=O)C(CC(=O)NCc2ccc(-c3ccc(C(C)(C)C)cc3)cc2)SC1=S. The van der Waals surface area contributed by atoms with Gasteiger partial charge in [-0.05, 0) is 33.6 Å². The first-order valence-electron chi connectivity index (χ1n) is 11.0. The molecule has 0 aromatic heterocycles. The Kier molecular flexibility index (Phi) is 7.78. The van der Waals surface area contributed by atoms with Crippen molar-refractivity contribution in [2.24, 2.45) is 5.92 Å². The molecule has 3 rings (SSSR count). The van der Waals surface area contributed by atoms with E-state index in [1.807, 2.05) is 26.0 Å². The van der Waals surface area contributed by atoms with Gasteiger partial charge in [-0.3, -0.25) is 14.5 Å². The molecule has 0 radical (unpaired) electrons. The summed E-state index contributed by atoms with van der Waals surface area (Å²) in [6.07, 6.45) is 0.149. The molecule has 1 N–H and O–H groups in total. The van der Waals surface area contributed by atoms with Gasteiger partial charge in [0.25, 0.3) is 0 Å². The maximum absolute atomic E-state index is 12.5. The summed E-state index contributed by atoms with van der Waals surface area (Å²) >= 11 is 6.64. The number of hydrogen-bond donors (Lipinski definition) is 1. The first kappa shape index (κ1) is 24.5. The zero-order valence-corrected chi connectivity index (χ0v) is 21.1. The van der Waals surface area contributed by atoms with Crippen LogP contribution in [0.25, 0.3) is 11.1 Å². The minimum Gasteiger partial charge on any atom is -0.352 e. The van der Waals surface area contributed by atoms with Gasteiger partial charge in [0.15, 0.2) is 0 Å². The molecule has 32 heavy (non-hydrogen) atoms. The number of hydrogen-bond acceptors (Lipinski definition) is 4. The van der Waals surface area contributed by atoms with Crippen molar-refractivity contribution in [1.29, 1.82) is 0 Å². The van der Waals surface area contributed by atoms with Crippen molar-refractivity contribution in [2.75, 3.05) is 6.54 Å². The fourth-order valence-corrected chi connectivity index (χ4v) is 5.09. The van der Waals surface area contributed by atoms with E-state index >= 15 is 0 Å². The van der Waals surface area contributed by atoms with Crippen molar-refractivity contribution >= 4 is 40.1 Å². The number of thiocarbonyl (C=S) groups is 1. The number of benzene rings is 2. The smallest absolute Gasteiger partial charge is 0.242 e. The highest BCUT2D eigenvalue weighted by atomic mass is 32.2. The Labute approximate surface area is 201 Å². The van der Waals surface area contributed by atoms with Crippen LogP contribution < -0.4 is 5.32 Å². The summed E-state index contributed by atoms with van der Waals surface area (Å²) in [5.74, 6) is 0.155. The first-order valence-corrected chi connectivity index (χ1v) is 12.3. The Morgan fingerprint density at radius 2 is 1.62 bits per heavy atom. The quantitative estimate of drug-likeness (QED) is 0.542. The second-order valence-electron chi connectivity index (χ2n) is 9.72. The van der Waals surface area contributed by atoms with Crippen LogP contribution >= 0.6 is 24.0 Å². The molecule has 1 saturated heterocycles. The van der Waals surface area contributed by atoms with Crippen LogP contribution in [0.2, 0.25) is 0 Å². The monoisotopic (exact) mass is 468 g/mol. The molecule has 1 fully saturated rings. The second-order valence-corrected chi connectivity index (χ2v) is 11.6. The summed E-state index contributed by atoms with van der Waals surface area (Å²) in [6.45, 7) is 11.8. The molecule has 1 aliphatic heterocycles. The van der Waals surface area contributed by atoms with E-state index in [1.54, 1.807) is 4.90 Å². The predicted octanol–water partition coefficient (Wildman–Crippen LogP) is 5.54. The molecule has 6 heteroatoms. The molecule has 2 aromatic rings. The van der Waals surface area contributed by atoms with E-state index in [0.29, 0.717) is 23.3 Å². The number of carbonyl (C=O) groups excluding carboxylic acids is 2. The Balaban J connectivity index is 1.52. The van der Waals surface area contributed by atoms with Gasteiger partial charge in [0.2, 0.25) is 11.8 Å². The van der Waals surface area contributed by atoms with Gasteiger partial charge in [0.1, 0.15) is 4.32 Å². The number of amides is 2. The van der Waals surface area contributed by atoms with Crippen molar-refractivity contribution in [3.8, 4) is 11.1 Å². The molecule has 1 unspecified atom stereocenters. The molecule has 2 aromatic carbocycles. The highest BCUT2D eigenvalue weighted by Crippen LogP contribution is 2.30. The lowest BCUT2D eigenvalue weighted by atomic mass is 9.86. The van der Waals surface area contributed by atoms with Crippen LogP contribution in [-0.2, 0) is 21.5 Å². The van der Waals surface area contributed by atoms with Gasteiger partial charge >= 0.3 is 0 Å². The van der Waals surface area contributed by atoms with Gasteiger partial charge in [0.05, 0.1) is 5.25 Å². The molecule has 0 spiro atoms. The van der Waals surface area contributed by atoms with Crippen molar-refractivity contribution < 1.29 is 9.59 Å². The lowest BCUT2D eigenvalue weighted by Gasteiger charge is -2.19. The third kappa shape index (κ3) is 6.20. The van der Waals surface area contributed by atoms with E-state index in [2.05, 4.69) is 62.5 Å². The van der Waals surface area contributed by atoms with Crippen molar-refractivity contribution in [3.05, 3.63) is 59.7 Å². The molecule has 1 aliphatic rings. The molecule has 0 aliphatic carbocycles. The van der Waals surface area contributed by atoms with E-state index in [-0.39, 0.29) is 23.7 Å². The van der Waals surface area contributed by atoms with Crippen LogP contribution in [0.5, 0.6) is 0 Å². The van der Waals surface area contributed by atoms with E-state index < -0.39 is 5.25 Å². The van der Waals surface area contributed by atoms with Gasteiger partial charge in [-0.25, -0.2) is 0 Å². The summed E-state index contributed by atoms with van der Waals surface area (Å²) in [4.78, 5) is 26.6. The molecule has 170 valence electrons. The van der Waals surface area contributed by atoms with Gasteiger partial charge in [-0.2, -0.15) is 0 Å². The number of nitrogens with one attached hydrogen (secondary N) is 1. The lowest BCUT2D eigenvalue weighted by Crippen LogP contribution is -2.36.